The van der Waals surface area contributed by atoms with Crippen LogP contribution in [0.4, 0.5) is 4.79 Å². The predicted molar refractivity (Wildman–Crippen MR) is 66.9 cm³/mol. The zero-order chi connectivity index (χ0) is 12.7. The van der Waals surface area contributed by atoms with Crippen LogP contribution in [-0.4, -0.2) is 47.8 Å². The fourth-order valence-electron chi connectivity index (χ4n) is 1.40. The first kappa shape index (κ1) is 13.8. The highest BCUT2D eigenvalue weighted by atomic mass is 32.2. The van der Waals surface area contributed by atoms with Crippen molar-refractivity contribution in [1.29, 1.82) is 0 Å². The molecule has 17 heavy (non-hydrogen) atoms. The van der Waals surface area contributed by atoms with Crippen molar-refractivity contribution in [2.75, 3.05) is 25.9 Å². The first-order valence-corrected chi connectivity index (χ1v) is 6.46. The molecule has 6 nitrogen and oxygen atoms in total. The molecule has 1 fully saturated rings. The Balaban J connectivity index is 2.24. The zero-order valence-electron chi connectivity index (χ0n) is 10.1. The van der Waals surface area contributed by atoms with Gasteiger partial charge in [0.05, 0.1) is 5.75 Å². The number of oxime groups is 1. The van der Waals surface area contributed by atoms with Crippen LogP contribution in [-0.2, 0) is 9.63 Å². The zero-order valence-corrected chi connectivity index (χ0v) is 10.9. The van der Waals surface area contributed by atoms with E-state index in [1.54, 1.807) is 6.92 Å². The molecule has 0 saturated carbocycles. The molecule has 0 aromatic rings. The Labute approximate surface area is 105 Å². The average molecular weight is 259 g/mol. The summed E-state index contributed by atoms with van der Waals surface area (Å²) in [7, 11) is 1.46. The molecule has 1 aliphatic rings. The molecule has 0 unspecified atom stereocenters. The quantitative estimate of drug-likeness (QED) is 0.356. The molecule has 1 saturated heterocycles. The number of nitrogens with one attached hydrogen (secondary N) is 1. The van der Waals surface area contributed by atoms with Crippen molar-refractivity contribution in [1.82, 2.24) is 10.2 Å². The lowest BCUT2D eigenvalue weighted by Gasteiger charge is -2.14. The topological polar surface area (TPSA) is 71.0 Å². The van der Waals surface area contributed by atoms with E-state index in [-0.39, 0.29) is 5.91 Å². The number of amides is 2. The molecule has 2 amide bonds. The van der Waals surface area contributed by atoms with Gasteiger partial charge in [0.25, 0.3) is 0 Å². The van der Waals surface area contributed by atoms with Gasteiger partial charge in [-0.3, -0.25) is 9.63 Å². The Morgan fingerprint density at radius 3 is 2.65 bits per heavy atom. The van der Waals surface area contributed by atoms with Crippen LogP contribution in [0.15, 0.2) is 5.16 Å². The van der Waals surface area contributed by atoms with Gasteiger partial charge in [0.15, 0.2) is 0 Å². The minimum absolute atomic E-state index is 0.113. The molecule has 0 spiro atoms. The second-order valence-electron chi connectivity index (χ2n) is 3.62. The van der Waals surface area contributed by atoms with E-state index >= 15 is 0 Å². The van der Waals surface area contributed by atoms with Crippen molar-refractivity contribution in [2.24, 2.45) is 5.16 Å². The Kier molecular flexibility index (Phi) is 5.82. The van der Waals surface area contributed by atoms with Crippen LogP contribution in [0.3, 0.4) is 0 Å². The fourth-order valence-corrected chi connectivity index (χ4v) is 2.01. The van der Waals surface area contributed by atoms with Crippen LogP contribution >= 0.6 is 11.8 Å². The Morgan fingerprint density at radius 2 is 2.06 bits per heavy atom. The van der Waals surface area contributed by atoms with Crippen LogP contribution in [0.2, 0.25) is 0 Å². The largest absolute Gasteiger partial charge is 0.433 e. The Morgan fingerprint density at radius 1 is 1.41 bits per heavy atom. The second-order valence-corrected chi connectivity index (χ2v) is 4.78. The molecule has 0 radical (unpaired) electrons. The third-order valence-electron chi connectivity index (χ3n) is 2.32. The monoisotopic (exact) mass is 259 g/mol. The van der Waals surface area contributed by atoms with Crippen LogP contribution in [0, 0.1) is 0 Å². The summed E-state index contributed by atoms with van der Waals surface area (Å²) in [6.07, 6.45) is 1.56. The summed E-state index contributed by atoms with van der Waals surface area (Å²) < 4.78 is 0. The van der Waals surface area contributed by atoms with Crippen molar-refractivity contribution in [3.8, 4) is 0 Å². The van der Waals surface area contributed by atoms with Gasteiger partial charge in [-0.15, -0.1) is 0 Å². The Hall–Kier alpha value is -1.24. The fraction of sp³-hybridized carbons (Fsp3) is 0.700. The summed E-state index contributed by atoms with van der Waals surface area (Å²) in [5.74, 6) is 0.453. The lowest BCUT2D eigenvalue weighted by Crippen LogP contribution is -2.29. The number of carbonyl (C=O) groups is 2. The van der Waals surface area contributed by atoms with Gasteiger partial charge in [0, 0.05) is 20.1 Å². The van der Waals surface area contributed by atoms with Crippen LogP contribution in [0.25, 0.3) is 0 Å². The standard InChI is InChI=1S/C10H17N3O3S/c1-8(12-16-10(15)11-2)17-7-9(14)13-5-3-4-6-13/h3-7H2,1-2H3,(H,11,15). The lowest BCUT2D eigenvalue weighted by atomic mass is 10.4. The number of hydrogen-bond donors (Lipinski definition) is 1. The number of carbonyl (C=O) groups excluding carboxylic acids is 2. The number of nitrogens with zero attached hydrogens (tertiary/aromatic N) is 2. The normalized spacial score (nSPS) is 15.9. The van der Waals surface area contributed by atoms with Gasteiger partial charge >= 0.3 is 6.09 Å². The molecule has 1 N–H and O–H groups in total. The SMILES string of the molecule is CNC(=O)ON=C(C)SCC(=O)N1CCCC1. The molecular weight excluding hydrogens is 242 g/mol. The van der Waals surface area contributed by atoms with Crippen molar-refractivity contribution in [2.45, 2.75) is 19.8 Å². The van der Waals surface area contributed by atoms with E-state index in [4.69, 9.17) is 0 Å². The molecule has 0 aromatic heterocycles. The van der Waals surface area contributed by atoms with Gasteiger partial charge in [-0.05, 0) is 19.8 Å². The summed E-state index contributed by atoms with van der Waals surface area (Å²) in [6.45, 7) is 3.40. The lowest BCUT2D eigenvalue weighted by molar-refractivity contribution is -0.127. The highest BCUT2D eigenvalue weighted by Crippen LogP contribution is 2.11. The van der Waals surface area contributed by atoms with E-state index in [2.05, 4.69) is 15.3 Å². The highest BCUT2D eigenvalue weighted by Gasteiger charge is 2.17. The van der Waals surface area contributed by atoms with Gasteiger partial charge in [-0.1, -0.05) is 16.9 Å². The number of rotatable bonds is 3. The van der Waals surface area contributed by atoms with E-state index < -0.39 is 6.09 Å². The average Bonchev–Trinajstić information content (AvgIpc) is 2.86. The second kappa shape index (κ2) is 7.16. The van der Waals surface area contributed by atoms with Crippen LogP contribution in [0.1, 0.15) is 19.8 Å². The van der Waals surface area contributed by atoms with Crippen molar-refractivity contribution < 1.29 is 14.4 Å². The van der Waals surface area contributed by atoms with E-state index in [0.717, 1.165) is 25.9 Å². The van der Waals surface area contributed by atoms with Gasteiger partial charge < -0.3 is 10.2 Å². The molecular formula is C10H17N3O3S. The summed E-state index contributed by atoms with van der Waals surface area (Å²) >= 11 is 1.28. The first-order valence-electron chi connectivity index (χ1n) is 5.47. The van der Waals surface area contributed by atoms with Gasteiger partial charge in [0.2, 0.25) is 5.91 Å². The molecule has 96 valence electrons. The van der Waals surface area contributed by atoms with E-state index in [1.807, 2.05) is 4.90 Å². The molecule has 7 heteroatoms. The van der Waals surface area contributed by atoms with Crippen LogP contribution in [0.5, 0.6) is 0 Å². The maximum Gasteiger partial charge on any atom is 0.433 e. The molecule has 0 aromatic carbocycles. The minimum Gasteiger partial charge on any atom is -0.342 e. The van der Waals surface area contributed by atoms with Crippen molar-refractivity contribution >= 4 is 28.8 Å². The molecule has 1 heterocycles. The third kappa shape index (κ3) is 5.08. The van der Waals surface area contributed by atoms with Gasteiger partial charge in [-0.25, -0.2) is 4.79 Å². The van der Waals surface area contributed by atoms with Crippen molar-refractivity contribution in [3.63, 3.8) is 0 Å². The first-order chi connectivity index (χ1) is 8.13. The van der Waals surface area contributed by atoms with E-state index in [9.17, 15) is 9.59 Å². The summed E-state index contributed by atoms with van der Waals surface area (Å²) in [6, 6.07) is 0. The number of thioether (sulfide) groups is 1. The molecule has 0 bridgehead atoms. The molecule has 0 atom stereocenters. The minimum atomic E-state index is -0.615. The summed E-state index contributed by atoms with van der Waals surface area (Å²) in [5.41, 5.74) is 0. The van der Waals surface area contributed by atoms with Crippen molar-refractivity contribution in [3.05, 3.63) is 0 Å². The molecule has 1 rings (SSSR count). The third-order valence-corrected chi connectivity index (χ3v) is 3.21. The maximum absolute atomic E-state index is 11.7. The summed E-state index contributed by atoms with van der Waals surface area (Å²) in [4.78, 5) is 28.8. The number of likely N-dealkylation sites (tertiary alicyclic amines) is 1. The molecule has 0 aliphatic carbocycles. The van der Waals surface area contributed by atoms with E-state index in [0.29, 0.717) is 10.8 Å². The van der Waals surface area contributed by atoms with Gasteiger partial charge in [0.1, 0.15) is 5.04 Å². The maximum atomic E-state index is 11.7. The van der Waals surface area contributed by atoms with Gasteiger partial charge in [-0.2, -0.15) is 0 Å². The Bertz CT molecular complexity index is 314. The molecule has 1 aliphatic heterocycles. The van der Waals surface area contributed by atoms with E-state index in [1.165, 1.54) is 18.8 Å². The summed E-state index contributed by atoms with van der Waals surface area (Å²) in [5, 5.41) is 6.42. The highest BCUT2D eigenvalue weighted by molar-refractivity contribution is 8.14. The smallest absolute Gasteiger partial charge is 0.342 e. The van der Waals surface area contributed by atoms with Crippen LogP contribution < -0.4 is 5.32 Å². The predicted octanol–water partition coefficient (Wildman–Crippen LogP) is 1.03. The number of hydrogen-bond acceptors (Lipinski definition) is 5.